The number of nitrogen functional groups attached to an aromatic ring is 1. The van der Waals surface area contributed by atoms with Gasteiger partial charge in [0, 0.05) is 12.1 Å². The number of hydrogen-bond donors (Lipinski definition) is 6. The van der Waals surface area contributed by atoms with Gasteiger partial charge in [0.15, 0.2) is 0 Å². The minimum atomic E-state index is -0.658. The van der Waals surface area contributed by atoms with E-state index in [1.54, 1.807) is 31.2 Å². The molecular weight excluding hydrogens is 406 g/mol. The fraction of sp³-hybridized carbons (Fsp3) is 0.458. The lowest BCUT2D eigenvalue weighted by Gasteiger charge is -2.34. The van der Waals surface area contributed by atoms with Gasteiger partial charge >= 0.3 is 0 Å². The molecule has 0 spiro atoms. The van der Waals surface area contributed by atoms with Crippen LogP contribution in [0.3, 0.4) is 0 Å². The topological polar surface area (TPSA) is 140 Å². The van der Waals surface area contributed by atoms with E-state index in [2.05, 4.69) is 35.0 Å². The molecule has 2 aliphatic rings. The Kier molecular flexibility index (Phi) is 7.48. The molecule has 1 aromatic rings. The van der Waals surface area contributed by atoms with Gasteiger partial charge in [0.05, 0.1) is 12.6 Å². The summed E-state index contributed by atoms with van der Waals surface area (Å²) in [5, 5.41) is 25.8. The maximum Gasteiger partial charge on any atom is 0.242 e. The zero-order chi connectivity index (χ0) is 23.3. The van der Waals surface area contributed by atoms with Gasteiger partial charge in [0.25, 0.3) is 0 Å². The summed E-state index contributed by atoms with van der Waals surface area (Å²) in [5.41, 5.74) is 7.77. The highest BCUT2D eigenvalue weighted by Gasteiger charge is 2.40. The van der Waals surface area contributed by atoms with Crippen LogP contribution in [-0.4, -0.2) is 48.0 Å². The number of rotatable bonds is 8. The third-order valence-corrected chi connectivity index (χ3v) is 6.45. The number of amidine groups is 1. The van der Waals surface area contributed by atoms with E-state index in [1.165, 1.54) is 0 Å². The minimum absolute atomic E-state index is 0.00140. The number of hydrogen-bond acceptors (Lipinski definition) is 5. The van der Waals surface area contributed by atoms with Gasteiger partial charge in [-0.15, -0.1) is 0 Å². The molecule has 1 aliphatic carbocycles. The summed E-state index contributed by atoms with van der Waals surface area (Å²) in [6, 6.07) is 6.08. The second-order valence-corrected chi connectivity index (χ2v) is 8.94. The predicted molar refractivity (Wildman–Crippen MR) is 124 cm³/mol. The van der Waals surface area contributed by atoms with E-state index in [-0.39, 0.29) is 41.6 Å². The van der Waals surface area contributed by atoms with Gasteiger partial charge in [0.1, 0.15) is 11.9 Å². The Morgan fingerprint density at radius 2 is 2.06 bits per heavy atom. The molecule has 32 heavy (non-hydrogen) atoms. The number of nitrogens with two attached hydrogens (primary N) is 1. The van der Waals surface area contributed by atoms with Crippen molar-refractivity contribution in [2.45, 2.75) is 45.3 Å². The Bertz CT molecular complexity index is 924. The van der Waals surface area contributed by atoms with Crippen molar-refractivity contribution in [1.29, 1.82) is 5.41 Å². The molecule has 2 amide bonds. The normalized spacial score (nSPS) is 25.7. The van der Waals surface area contributed by atoms with Crippen molar-refractivity contribution < 1.29 is 14.7 Å². The average Bonchev–Trinajstić information content (AvgIpc) is 3.29. The van der Waals surface area contributed by atoms with Crippen LogP contribution in [0.5, 0.6) is 0 Å². The van der Waals surface area contributed by atoms with Crippen molar-refractivity contribution in [3.63, 3.8) is 0 Å². The van der Waals surface area contributed by atoms with Gasteiger partial charge in [-0.1, -0.05) is 49.4 Å². The first kappa shape index (κ1) is 23.7. The third-order valence-electron chi connectivity index (χ3n) is 6.45. The molecule has 0 saturated carbocycles. The van der Waals surface area contributed by atoms with Crippen molar-refractivity contribution in [3.8, 4) is 0 Å². The zero-order valence-corrected chi connectivity index (χ0v) is 18.7. The summed E-state index contributed by atoms with van der Waals surface area (Å²) in [4.78, 5) is 25.2. The number of aliphatic hydroxyl groups is 1. The highest BCUT2D eigenvalue weighted by molar-refractivity contribution is 5.95. The van der Waals surface area contributed by atoms with Gasteiger partial charge in [-0.3, -0.25) is 15.0 Å². The van der Waals surface area contributed by atoms with Crippen molar-refractivity contribution >= 4 is 17.6 Å². The number of amides is 2. The molecule has 1 heterocycles. The lowest BCUT2D eigenvalue weighted by molar-refractivity contribution is -0.129. The first-order valence-corrected chi connectivity index (χ1v) is 11.0. The number of carbonyl (C=O) groups is 2. The van der Waals surface area contributed by atoms with Crippen molar-refractivity contribution in [2.75, 3.05) is 13.2 Å². The van der Waals surface area contributed by atoms with Crippen molar-refractivity contribution in [1.82, 2.24) is 16.0 Å². The average molecular weight is 440 g/mol. The first-order chi connectivity index (χ1) is 15.2. The van der Waals surface area contributed by atoms with Gasteiger partial charge < -0.3 is 26.8 Å². The highest BCUT2D eigenvalue weighted by atomic mass is 16.3. The van der Waals surface area contributed by atoms with E-state index in [1.807, 2.05) is 6.08 Å². The SMILES string of the molecule is C[C@H](NC(=O)[C@H]1C[C@H](C2(C)C=C(CO)C=CC2)CN1)C(=O)NCc1ccc(C(=N)N)cc1. The van der Waals surface area contributed by atoms with Crippen molar-refractivity contribution in [3.05, 3.63) is 59.2 Å². The highest BCUT2D eigenvalue weighted by Crippen LogP contribution is 2.41. The van der Waals surface area contributed by atoms with E-state index in [4.69, 9.17) is 11.1 Å². The minimum Gasteiger partial charge on any atom is -0.392 e. The molecule has 4 atom stereocenters. The standard InChI is InChI=1S/C24H33N5O3/c1-15(22(31)28-12-16-5-7-18(8-6-16)21(25)26)29-23(32)20-10-19(13-27-20)24(2)9-3-4-17(11-24)14-30/h3-8,11,15,19-20,27,30H,9-10,12-14H2,1-2H3,(H3,25,26)(H,28,31)(H,29,32)/t15-,19-,20+,24?/m0/s1. The molecule has 1 aromatic carbocycles. The third kappa shape index (κ3) is 5.63. The van der Waals surface area contributed by atoms with Crippen LogP contribution in [0.25, 0.3) is 0 Å². The summed E-state index contributed by atoms with van der Waals surface area (Å²) in [6.07, 6.45) is 7.72. The van der Waals surface area contributed by atoms with Crippen LogP contribution in [-0.2, 0) is 16.1 Å². The Labute approximate surface area is 188 Å². The van der Waals surface area contributed by atoms with Gasteiger partial charge in [-0.05, 0) is 48.8 Å². The van der Waals surface area contributed by atoms with Crippen LogP contribution in [0.1, 0.15) is 37.8 Å². The monoisotopic (exact) mass is 439 g/mol. The summed E-state index contributed by atoms with van der Waals surface area (Å²) in [7, 11) is 0. The zero-order valence-electron chi connectivity index (χ0n) is 18.7. The summed E-state index contributed by atoms with van der Waals surface area (Å²) >= 11 is 0. The lowest BCUT2D eigenvalue weighted by atomic mass is 9.70. The lowest BCUT2D eigenvalue weighted by Crippen LogP contribution is -2.49. The van der Waals surface area contributed by atoms with Crippen LogP contribution in [0.4, 0.5) is 0 Å². The van der Waals surface area contributed by atoms with E-state index >= 15 is 0 Å². The quantitative estimate of drug-likeness (QED) is 0.264. The molecule has 1 fully saturated rings. The summed E-state index contributed by atoms with van der Waals surface area (Å²) < 4.78 is 0. The molecule has 1 aliphatic heterocycles. The smallest absolute Gasteiger partial charge is 0.242 e. The van der Waals surface area contributed by atoms with E-state index < -0.39 is 6.04 Å². The first-order valence-electron chi connectivity index (χ1n) is 11.0. The molecule has 3 rings (SSSR count). The summed E-state index contributed by atoms with van der Waals surface area (Å²) in [5.74, 6) is -0.170. The Morgan fingerprint density at radius 3 is 2.72 bits per heavy atom. The number of carbonyl (C=O) groups excluding carboxylic acids is 2. The van der Waals surface area contributed by atoms with E-state index in [0.29, 0.717) is 25.1 Å². The second kappa shape index (κ2) is 10.1. The number of allylic oxidation sites excluding steroid dienone is 2. The van der Waals surface area contributed by atoms with E-state index in [9.17, 15) is 14.7 Å². The fourth-order valence-corrected chi connectivity index (χ4v) is 4.34. The molecule has 1 unspecified atom stereocenters. The molecule has 7 N–H and O–H groups in total. The van der Waals surface area contributed by atoms with Gasteiger partial charge in [0.2, 0.25) is 11.8 Å². The maximum absolute atomic E-state index is 12.7. The molecule has 1 saturated heterocycles. The van der Waals surface area contributed by atoms with Crippen LogP contribution >= 0.6 is 0 Å². The fourth-order valence-electron chi connectivity index (χ4n) is 4.34. The van der Waals surface area contributed by atoms with Crippen LogP contribution in [0.15, 0.2) is 48.1 Å². The Hall–Kier alpha value is -2.97. The van der Waals surface area contributed by atoms with Crippen molar-refractivity contribution in [2.24, 2.45) is 17.1 Å². The molecule has 8 heteroatoms. The predicted octanol–water partition coefficient (Wildman–Crippen LogP) is 0.955. The van der Waals surface area contributed by atoms with E-state index in [0.717, 1.165) is 17.6 Å². The molecule has 8 nitrogen and oxygen atoms in total. The van der Waals surface area contributed by atoms with Crippen LogP contribution in [0.2, 0.25) is 0 Å². The largest absolute Gasteiger partial charge is 0.392 e. The number of nitrogens with one attached hydrogen (secondary N) is 4. The molecule has 0 bridgehead atoms. The van der Waals surface area contributed by atoms with Gasteiger partial charge in [-0.25, -0.2) is 0 Å². The van der Waals surface area contributed by atoms with Crippen LogP contribution in [0, 0.1) is 16.7 Å². The number of aliphatic hydroxyl groups excluding tert-OH is 1. The van der Waals surface area contributed by atoms with Gasteiger partial charge in [-0.2, -0.15) is 0 Å². The summed E-state index contributed by atoms with van der Waals surface area (Å²) in [6.45, 7) is 4.89. The number of benzene rings is 1. The Morgan fingerprint density at radius 1 is 1.34 bits per heavy atom. The maximum atomic E-state index is 12.7. The molecule has 172 valence electrons. The second-order valence-electron chi connectivity index (χ2n) is 8.94. The Balaban J connectivity index is 1.48. The molecule has 0 aromatic heterocycles. The molecular formula is C24H33N5O3. The molecule has 0 radical (unpaired) electrons. The van der Waals surface area contributed by atoms with Crippen LogP contribution < -0.4 is 21.7 Å².